The summed E-state index contributed by atoms with van der Waals surface area (Å²) in [6.07, 6.45) is 3.73. The molecule has 6 aromatic carbocycles. The highest BCUT2D eigenvalue weighted by Gasteiger charge is 2.16. The van der Waals surface area contributed by atoms with Gasteiger partial charge in [0.1, 0.15) is 0 Å². The van der Waals surface area contributed by atoms with E-state index in [9.17, 15) is 0 Å². The largest absolute Gasteiger partial charge is 0.264 e. The van der Waals surface area contributed by atoms with Crippen LogP contribution in [-0.4, -0.2) is 19.9 Å². The molecule has 3 aromatic heterocycles. The zero-order chi connectivity index (χ0) is 32.6. The Morgan fingerprint density at radius 1 is 0.347 bits per heavy atom. The number of benzene rings is 6. The molecule has 0 radical (unpaired) electrons. The molecule has 9 rings (SSSR count). The predicted octanol–water partition coefficient (Wildman–Crippen LogP) is 11.6. The molecular weight excluding hydrogens is 617 g/mol. The summed E-state index contributed by atoms with van der Waals surface area (Å²) in [4.78, 5) is 19.0. The lowest BCUT2D eigenvalue weighted by molar-refractivity contribution is 1.07. The van der Waals surface area contributed by atoms with E-state index in [1.807, 2.05) is 90.5 Å². The Kier molecular flexibility index (Phi) is 7.30. The van der Waals surface area contributed by atoms with Crippen molar-refractivity contribution >= 4 is 31.5 Å². The molecule has 0 atom stereocenters. The molecule has 0 spiro atoms. The van der Waals surface area contributed by atoms with Crippen LogP contribution in [0.4, 0.5) is 0 Å². The number of pyridine rings is 1. The van der Waals surface area contributed by atoms with Crippen molar-refractivity contribution in [3.05, 3.63) is 170 Å². The van der Waals surface area contributed by atoms with Gasteiger partial charge in [0.15, 0.2) is 17.5 Å². The van der Waals surface area contributed by atoms with Gasteiger partial charge in [-0.2, -0.15) is 0 Å². The van der Waals surface area contributed by atoms with Crippen LogP contribution < -0.4 is 0 Å². The average Bonchev–Trinajstić information content (AvgIpc) is 3.58. The van der Waals surface area contributed by atoms with E-state index in [1.165, 1.54) is 36.9 Å². The van der Waals surface area contributed by atoms with Crippen LogP contribution >= 0.6 is 11.3 Å². The van der Waals surface area contributed by atoms with Crippen LogP contribution in [-0.2, 0) is 0 Å². The van der Waals surface area contributed by atoms with Gasteiger partial charge in [-0.15, -0.1) is 11.3 Å². The van der Waals surface area contributed by atoms with Gasteiger partial charge in [-0.1, -0.05) is 146 Å². The summed E-state index contributed by atoms with van der Waals surface area (Å²) in [5.74, 6) is 1.97. The summed E-state index contributed by atoms with van der Waals surface area (Å²) in [7, 11) is 0. The topological polar surface area (TPSA) is 51.6 Å². The van der Waals surface area contributed by atoms with Gasteiger partial charge in [-0.3, -0.25) is 4.98 Å². The van der Waals surface area contributed by atoms with Crippen molar-refractivity contribution in [1.82, 2.24) is 19.9 Å². The van der Waals surface area contributed by atoms with Gasteiger partial charge in [0.2, 0.25) is 0 Å². The lowest BCUT2D eigenvalue weighted by atomic mass is 9.97. The predicted molar refractivity (Wildman–Crippen MR) is 203 cm³/mol. The van der Waals surface area contributed by atoms with Crippen LogP contribution in [0.1, 0.15) is 0 Å². The van der Waals surface area contributed by atoms with Crippen LogP contribution in [0.3, 0.4) is 0 Å². The number of nitrogens with zero attached hydrogens (tertiary/aromatic N) is 4. The second kappa shape index (κ2) is 12.4. The van der Waals surface area contributed by atoms with Crippen LogP contribution in [0.25, 0.3) is 87.7 Å². The third-order valence-electron chi connectivity index (χ3n) is 8.85. The van der Waals surface area contributed by atoms with E-state index in [1.54, 1.807) is 0 Å². The number of fused-ring (bicyclic) bond motifs is 3. The third kappa shape index (κ3) is 5.46. The monoisotopic (exact) mass is 644 g/mol. The maximum atomic E-state index is 4.92. The van der Waals surface area contributed by atoms with Crippen LogP contribution in [0.2, 0.25) is 0 Å². The Bertz CT molecular complexity index is 2520. The highest BCUT2D eigenvalue weighted by molar-refractivity contribution is 7.26. The maximum Gasteiger partial charge on any atom is 0.164 e. The first-order chi connectivity index (χ1) is 24.3. The zero-order valence-corrected chi connectivity index (χ0v) is 27.2. The van der Waals surface area contributed by atoms with Crippen LogP contribution in [0, 0.1) is 0 Å². The molecule has 0 aliphatic rings. The standard InChI is InChI=1S/C44H28N4S/c1-3-11-30(12-4-1)42-46-43(31-13-5-2-6-14-31)48-44(47-42)32-24-22-29(23-25-32)36-18-8-20-38-39-21-9-19-37(41(39)49-40(36)38)34-16-7-15-33(27-34)35-17-10-26-45-28-35/h1-28H. The van der Waals surface area contributed by atoms with Gasteiger partial charge < -0.3 is 0 Å². The summed E-state index contributed by atoms with van der Waals surface area (Å²) >= 11 is 1.86. The number of hydrogen-bond acceptors (Lipinski definition) is 5. The fourth-order valence-corrected chi connectivity index (χ4v) is 7.78. The van der Waals surface area contributed by atoms with E-state index in [4.69, 9.17) is 15.0 Å². The van der Waals surface area contributed by atoms with Crippen molar-refractivity contribution in [2.24, 2.45) is 0 Å². The number of hydrogen-bond donors (Lipinski definition) is 0. The van der Waals surface area contributed by atoms with E-state index in [-0.39, 0.29) is 0 Å². The van der Waals surface area contributed by atoms with Gasteiger partial charge in [0.25, 0.3) is 0 Å². The lowest BCUT2D eigenvalue weighted by Gasteiger charge is -2.09. The molecule has 0 bridgehead atoms. The molecule has 0 amide bonds. The van der Waals surface area contributed by atoms with Gasteiger partial charge >= 0.3 is 0 Å². The minimum atomic E-state index is 0.650. The quantitative estimate of drug-likeness (QED) is 0.181. The highest BCUT2D eigenvalue weighted by Crippen LogP contribution is 2.44. The lowest BCUT2D eigenvalue weighted by Crippen LogP contribution is -2.00. The second-order valence-electron chi connectivity index (χ2n) is 11.9. The van der Waals surface area contributed by atoms with E-state index >= 15 is 0 Å². The molecule has 49 heavy (non-hydrogen) atoms. The Morgan fingerprint density at radius 2 is 0.816 bits per heavy atom. The summed E-state index contributed by atoms with van der Waals surface area (Å²) in [5.41, 5.74) is 9.94. The molecular formula is C44H28N4S. The molecule has 0 N–H and O–H groups in total. The Balaban J connectivity index is 1.12. The van der Waals surface area contributed by atoms with Crippen molar-refractivity contribution in [2.75, 3.05) is 0 Å². The zero-order valence-electron chi connectivity index (χ0n) is 26.4. The van der Waals surface area contributed by atoms with Gasteiger partial charge in [0.05, 0.1) is 0 Å². The van der Waals surface area contributed by atoms with Crippen molar-refractivity contribution in [3.8, 4) is 67.5 Å². The summed E-state index contributed by atoms with van der Waals surface area (Å²) in [6.45, 7) is 0. The smallest absolute Gasteiger partial charge is 0.164 e. The molecule has 9 aromatic rings. The summed E-state index contributed by atoms with van der Waals surface area (Å²) < 4.78 is 2.57. The Labute approximate surface area is 288 Å². The van der Waals surface area contributed by atoms with E-state index in [2.05, 4.69) is 96.0 Å². The number of rotatable bonds is 6. The van der Waals surface area contributed by atoms with Crippen LogP contribution in [0.5, 0.6) is 0 Å². The molecule has 0 aliphatic heterocycles. The van der Waals surface area contributed by atoms with Crippen molar-refractivity contribution < 1.29 is 0 Å². The molecule has 0 unspecified atom stereocenters. The van der Waals surface area contributed by atoms with E-state index in [0.29, 0.717) is 17.5 Å². The van der Waals surface area contributed by atoms with Crippen molar-refractivity contribution in [1.29, 1.82) is 0 Å². The molecule has 0 fully saturated rings. The first-order valence-electron chi connectivity index (χ1n) is 16.2. The SMILES string of the molecule is c1ccc(-c2nc(-c3ccccc3)nc(-c3ccc(-c4cccc5c4sc4c(-c6cccc(-c7cccnc7)c6)cccc45)cc3)n2)cc1. The number of thiophene rings is 1. The molecule has 230 valence electrons. The summed E-state index contributed by atoms with van der Waals surface area (Å²) in [6, 6.07) is 54.9. The van der Waals surface area contributed by atoms with Gasteiger partial charge in [0, 0.05) is 54.8 Å². The van der Waals surface area contributed by atoms with Crippen molar-refractivity contribution in [3.63, 3.8) is 0 Å². The first-order valence-corrected chi connectivity index (χ1v) is 17.0. The third-order valence-corrected chi connectivity index (χ3v) is 10.1. The van der Waals surface area contributed by atoms with Crippen LogP contribution in [0.15, 0.2) is 170 Å². The average molecular weight is 645 g/mol. The fourth-order valence-electron chi connectivity index (χ4n) is 6.41. The molecule has 4 nitrogen and oxygen atoms in total. The molecule has 0 aliphatic carbocycles. The summed E-state index contributed by atoms with van der Waals surface area (Å²) in [5, 5.41) is 2.54. The Morgan fingerprint density at radius 3 is 1.39 bits per heavy atom. The molecule has 0 saturated carbocycles. The molecule has 5 heteroatoms. The maximum absolute atomic E-state index is 4.92. The van der Waals surface area contributed by atoms with E-state index in [0.717, 1.165) is 33.4 Å². The van der Waals surface area contributed by atoms with Gasteiger partial charge in [-0.25, -0.2) is 15.0 Å². The minimum Gasteiger partial charge on any atom is -0.264 e. The minimum absolute atomic E-state index is 0.650. The number of aromatic nitrogens is 4. The normalized spacial score (nSPS) is 11.3. The first kappa shape index (κ1) is 28.9. The van der Waals surface area contributed by atoms with E-state index < -0.39 is 0 Å². The second-order valence-corrected chi connectivity index (χ2v) is 12.9. The molecule has 3 heterocycles. The Hall–Kier alpha value is -6.30. The highest BCUT2D eigenvalue weighted by atomic mass is 32.1. The van der Waals surface area contributed by atoms with Crippen molar-refractivity contribution in [2.45, 2.75) is 0 Å². The molecule has 0 saturated heterocycles. The van der Waals surface area contributed by atoms with Gasteiger partial charge in [-0.05, 0) is 39.9 Å². The fraction of sp³-hybridized carbons (Fsp3) is 0.